The highest BCUT2D eigenvalue weighted by atomic mass is 35.5. The quantitative estimate of drug-likeness (QED) is 0.875. The summed E-state index contributed by atoms with van der Waals surface area (Å²) >= 11 is 7.43. The fourth-order valence-corrected chi connectivity index (χ4v) is 2.43. The molecule has 1 N–H and O–H groups in total. The smallest absolute Gasteiger partial charge is 0.104 e. The van der Waals surface area contributed by atoms with Gasteiger partial charge < -0.3 is 9.84 Å². The number of ether oxygens (including phenoxy) is 1. The molecule has 2 nitrogen and oxygen atoms in total. The third-order valence-corrected chi connectivity index (χ3v) is 3.61. The summed E-state index contributed by atoms with van der Waals surface area (Å²) in [5.41, 5.74) is 2.01. The zero-order valence-corrected chi connectivity index (χ0v) is 11.8. The SMILES string of the molecule is OCC#Cc1ccsc1COCc1ccc(Cl)cc1. The van der Waals surface area contributed by atoms with Gasteiger partial charge in [-0.25, -0.2) is 0 Å². The first-order chi connectivity index (χ1) is 9.29. The molecule has 98 valence electrons. The van der Waals surface area contributed by atoms with Gasteiger partial charge in [0.1, 0.15) is 6.61 Å². The molecule has 0 aliphatic heterocycles. The Hall–Kier alpha value is -1.31. The minimum absolute atomic E-state index is 0.124. The van der Waals surface area contributed by atoms with Gasteiger partial charge >= 0.3 is 0 Å². The molecule has 1 aromatic heterocycles. The maximum absolute atomic E-state index is 8.69. The summed E-state index contributed by atoms with van der Waals surface area (Å²) in [7, 11) is 0. The van der Waals surface area contributed by atoms with Crippen LogP contribution < -0.4 is 0 Å². The number of hydrogen-bond donors (Lipinski definition) is 1. The highest BCUT2D eigenvalue weighted by molar-refractivity contribution is 7.10. The molecule has 2 rings (SSSR count). The van der Waals surface area contributed by atoms with Gasteiger partial charge in [0.2, 0.25) is 0 Å². The van der Waals surface area contributed by atoms with E-state index in [9.17, 15) is 0 Å². The summed E-state index contributed by atoms with van der Waals surface area (Å²) in [4.78, 5) is 1.08. The van der Waals surface area contributed by atoms with Crippen LogP contribution >= 0.6 is 22.9 Å². The van der Waals surface area contributed by atoms with Crippen molar-refractivity contribution in [3.05, 3.63) is 56.7 Å². The number of aliphatic hydroxyl groups is 1. The third-order valence-electron chi connectivity index (χ3n) is 2.46. The van der Waals surface area contributed by atoms with Crippen LogP contribution in [-0.2, 0) is 18.0 Å². The van der Waals surface area contributed by atoms with E-state index in [0.717, 1.165) is 21.0 Å². The first kappa shape index (κ1) is 14.1. The maximum atomic E-state index is 8.69. The Morgan fingerprint density at radius 1 is 1.16 bits per heavy atom. The third kappa shape index (κ3) is 4.38. The molecule has 0 spiro atoms. The van der Waals surface area contributed by atoms with Gasteiger partial charge in [-0.1, -0.05) is 35.6 Å². The molecule has 0 bridgehead atoms. The molecule has 0 saturated heterocycles. The Balaban J connectivity index is 1.89. The van der Waals surface area contributed by atoms with Crippen LogP contribution in [0, 0.1) is 11.8 Å². The van der Waals surface area contributed by atoms with Crippen molar-refractivity contribution in [1.29, 1.82) is 0 Å². The van der Waals surface area contributed by atoms with E-state index in [0.29, 0.717) is 13.2 Å². The number of rotatable bonds is 4. The Bertz CT molecular complexity index is 578. The molecule has 1 heterocycles. The Morgan fingerprint density at radius 3 is 2.68 bits per heavy atom. The van der Waals surface area contributed by atoms with Gasteiger partial charge in [0.15, 0.2) is 0 Å². The largest absolute Gasteiger partial charge is 0.384 e. The van der Waals surface area contributed by atoms with Gasteiger partial charge in [-0.05, 0) is 29.1 Å². The minimum atomic E-state index is -0.124. The molecule has 0 unspecified atom stereocenters. The van der Waals surface area contributed by atoms with Crippen molar-refractivity contribution in [3.63, 3.8) is 0 Å². The van der Waals surface area contributed by atoms with Crippen LogP contribution in [0.15, 0.2) is 35.7 Å². The molecule has 4 heteroatoms. The maximum Gasteiger partial charge on any atom is 0.104 e. The molecule has 0 aliphatic rings. The van der Waals surface area contributed by atoms with Crippen LogP contribution in [0.3, 0.4) is 0 Å². The standard InChI is InChI=1S/C15H13ClO2S/c16-14-5-3-12(4-6-14)10-18-11-15-13(2-1-8-17)7-9-19-15/h3-7,9,17H,8,10-11H2. The van der Waals surface area contributed by atoms with Crippen LogP contribution in [0.2, 0.25) is 5.02 Å². The Morgan fingerprint density at radius 2 is 1.95 bits per heavy atom. The molecular formula is C15H13ClO2S. The van der Waals surface area contributed by atoms with E-state index in [1.54, 1.807) is 11.3 Å². The lowest BCUT2D eigenvalue weighted by molar-refractivity contribution is 0.109. The van der Waals surface area contributed by atoms with Crippen LogP contribution in [0.4, 0.5) is 0 Å². The van der Waals surface area contributed by atoms with Crippen molar-refractivity contribution in [2.75, 3.05) is 6.61 Å². The summed E-state index contributed by atoms with van der Waals surface area (Å²) < 4.78 is 5.66. The van der Waals surface area contributed by atoms with Crippen LogP contribution in [-0.4, -0.2) is 11.7 Å². The summed E-state index contributed by atoms with van der Waals surface area (Å²) in [5, 5.41) is 11.4. The van der Waals surface area contributed by atoms with Gasteiger partial charge in [-0.2, -0.15) is 0 Å². The normalized spacial score (nSPS) is 10.0. The van der Waals surface area contributed by atoms with Gasteiger partial charge in [-0.15, -0.1) is 11.3 Å². The number of halogens is 1. The molecule has 19 heavy (non-hydrogen) atoms. The number of aliphatic hydroxyl groups excluding tert-OH is 1. The van der Waals surface area contributed by atoms with Crippen molar-refractivity contribution in [2.24, 2.45) is 0 Å². The summed E-state index contributed by atoms with van der Waals surface area (Å²) in [5.74, 6) is 5.56. The predicted octanol–water partition coefficient (Wildman–Crippen LogP) is 3.46. The zero-order valence-electron chi connectivity index (χ0n) is 10.2. The first-order valence-corrected chi connectivity index (χ1v) is 7.03. The van der Waals surface area contributed by atoms with E-state index in [1.165, 1.54) is 0 Å². The van der Waals surface area contributed by atoms with E-state index < -0.39 is 0 Å². The first-order valence-electron chi connectivity index (χ1n) is 5.78. The molecule has 0 atom stereocenters. The molecule has 2 aromatic rings. The van der Waals surface area contributed by atoms with E-state index in [4.69, 9.17) is 21.4 Å². The molecule has 1 aromatic carbocycles. The second-order valence-corrected chi connectivity index (χ2v) is 5.27. The lowest BCUT2D eigenvalue weighted by Crippen LogP contribution is -1.93. The average Bonchev–Trinajstić information content (AvgIpc) is 2.86. The lowest BCUT2D eigenvalue weighted by atomic mass is 10.2. The highest BCUT2D eigenvalue weighted by Crippen LogP contribution is 2.18. The van der Waals surface area contributed by atoms with E-state index >= 15 is 0 Å². The van der Waals surface area contributed by atoms with Gasteiger partial charge in [0.25, 0.3) is 0 Å². The minimum Gasteiger partial charge on any atom is -0.384 e. The monoisotopic (exact) mass is 292 g/mol. The Labute approximate surface area is 121 Å². The highest BCUT2D eigenvalue weighted by Gasteiger charge is 2.02. The van der Waals surface area contributed by atoms with Crippen molar-refractivity contribution in [1.82, 2.24) is 0 Å². The summed E-state index contributed by atoms with van der Waals surface area (Å²) in [6.07, 6.45) is 0. The second-order valence-electron chi connectivity index (χ2n) is 3.84. The second kappa shape index (κ2) is 7.32. The van der Waals surface area contributed by atoms with Crippen molar-refractivity contribution < 1.29 is 9.84 Å². The zero-order chi connectivity index (χ0) is 13.5. The Kier molecular flexibility index (Phi) is 5.44. The van der Waals surface area contributed by atoms with E-state index in [1.807, 2.05) is 35.7 Å². The average molecular weight is 293 g/mol. The summed E-state index contributed by atoms with van der Waals surface area (Å²) in [6, 6.07) is 9.54. The molecule has 0 amide bonds. The van der Waals surface area contributed by atoms with E-state index in [-0.39, 0.29) is 6.61 Å². The number of thiophene rings is 1. The fourth-order valence-electron chi connectivity index (χ4n) is 1.54. The van der Waals surface area contributed by atoms with Crippen LogP contribution in [0.5, 0.6) is 0 Å². The van der Waals surface area contributed by atoms with Gasteiger partial charge in [0.05, 0.1) is 13.2 Å². The summed E-state index contributed by atoms with van der Waals surface area (Å²) in [6.45, 7) is 0.943. The predicted molar refractivity (Wildman–Crippen MR) is 78.2 cm³/mol. The van der Waals surface area contributed by atoms with Crippen molar-refractivity contribution >= 4 is 22.9 Å². The topological polar surface area (TPSA) is 29.5 Å². The fraction of sp³-hybridized carbons (Fsp3) is 0.200. The van der Waals surface area contributed by atoms with E-state index in [2.05, 4.69) is 11.8 Å². The van der Waals surface area contributed by atoms with Gasteiger partial charge in [0, 0.05) is 15.5 Å². The van der Waals surface area contributed by atoms with Crippen LogP contribution in [0.25, 0.3) is 0 Å². The molecular weight excluding hydrogens is 280 g/mol. The van der Waals surface area contributed by atoms with Gasteiger partial charge in [-0.3, -0.25) is 0 Å². The number of benzene rings is 1. The number of hydrogen-bond acceptors (Lipinski definition) is 3. The molecule has 0 radical (unpaired) electrons. The lowest BCUT2D eigenvalue weighted by Gasteiger charge is -2.03. The molecule has 0 aliphatic carbocycles. The van der Waals surface area contributed by atoms with Crippen molar-refractivity contribution in [2.45, 2.75) is 13.2 Å². The molecule has 0 fully saturated rings. The van der Waals surface area contributed by atoms with Crippen LogP contribution in [0.1, 0.15) is 16.0 Å². The van der Waals surface area contributed by atoms with Crippen molar-refractivity contribution in [3.8, 4) is 11.8 Å². The molecule has 0 saturated carbocycles.